The highest BCUT2D eigenvalue weighted by Gasteiger charge is 2.41. The lowest BCUT2D eigenvalue weighted by atomic mass is 10.0. The van der Waals surface area contributed by atoms with Crippen LogP contribution in [-0.4, -0.2) is 39.5 Å². The monoisotopic (exact) mass is 477 g/mol. The van der Waals surface area contributed by atoms with Gasteiger partial charge in [-0.1, -0.05) is 19.9 Å². The average Bonchev–Trinajstić information content (AvgIpc) is 3.46. The van der Waals surface area contributed by atoms with Gasteiger partial charge in [0.25, 0.3) is 5.91 Å². The van der Waals surface area contributed by atoms with Crippen molar-refractivity contribution in [3.63, 3.8) is 0 Å². The number of carbonyl (C=O) groups is 1. The van der Waals surface area contributed by atoms with Crippen LogP contribution in [0.3, 0.4) is 0 Å². The van der Waals surface area contributed by atoms with E-state index in [2.05, 4.69) is 9.97 Å². The van der Waals surface area contributed by atoms with Gasteiger partial charge in [-0.15, -0.1) is 0 Å². The van der Waals surface area contributed by atoms with Crippen LogP contribution in [0.15, 0.2) is 53.4 Å². The highest BCUT2D eigenvalue weighted by molar-refractivity contribution is 6.00. The molecule has 1 saturated heterocycles. The summed E-state index contributed by atoms with van der Waals surface area (Å²) in [7, 11) is 0. The number of amides is 1. The number of oxazole rings is 1. The number of halogens is 4. The van der Waals surface area contributed by atoms with Gasteiger partial charge in [0, 0.05) is 18.8 Å². The van der Waals surface area contributed by atoms with Crippen LogP contribution in [0.25, 0.3) is 11.5 Å². The summed E-state index contributed by atoms with van der Waals surface area (Å²) in [4.78, 5) is 23.0. The molecule has 10 heteroatoms. The quantitative estimate of drug-likeness (QED) is 0.432. The number of ether oxygens (including phenoxy) is 1. The molecule has 1 aliphatic rings. The van der Waals surface area contributed by atoms with Crippen molar-refractivity contribution in [1.29, 1.82) is 0 Å². The molecule has 0 N–H and O–H groups in total. The maximum Gasteiger partial charge on any atom is 0.417 e. The van der Waals surface area contributed by atoms with Gasteiger partial charge in [-0.2, -0.15) is 13.2 Å². The summed E-state index contributed by atoms with van der Waals surface area (Å²) < 4.78 is 64.6. The smallest absolute Gasteiger partial charge is 0.417 e. The summed E-state index contributed by atoms with van der Waals surface area (Å²) >= 11 is 0. The van der Waals surface area contributed by atoms with E-state index in [1.807, 2.05) is 13.8 Å². The van der Waals surface area contributed by atoms with Gasteiger partial charge in [0.15, 0.2) is 0 Å². The van der Waals surface area contributed by atoms with Crippen molar-refractivity contribution in [2.24, 2.45) is 5.92 Å². The first-order chi connectivity index (χ1) is 16.2. The molecule has 3 unspecified atom stereocenters. The number of aromatic nitrogens is 2. The Balaban J connectivity index is 1.61. The number of carbonyl (C=O) groups excluding carboxylic acids is 1. The molecule has 0 bridgehead atoms. The lowest BCUT2D eigenvalue weighted by Crippen LogP contribution is -2.45. The minimum absolute atomic E-state index is 0.0261. The molecule has 6 nitrogen and oxygen atoms in total. The molecular formula is C24H23F4N3O3. The van der Waals surface area contributed by atoms with Crippen molar-refractivity contribution in [3.8, 4) is 17.3 Å². The second kappa shape index (κ2) is 9.44. The normalized spacial score (nSPS) is 19.3. The Morgan fingerprint density at radius 3 is 2.68 bits per heavy atom. The molecule has 1 amide bonds. The lowest BCUT2D eigenvalue weighted by molar-refractivity contribution is -0.137. The fourth-order valence-corrected chi connectivity index (χ4v) is 4.30. The molecule has 0 saturated carbocycles. The molecule has 4 rings (SSSR count). The first kappa shape index (κ1) is 23.7. The molecule has 0 radical (unpaired) electrons. The maximum atomic E-state index is 14.9. The van der Waals surface area contributed by atoms with Gasteiger partial charge in [0.1, 0.15) is 18.2 Å². The topological polar surface area (TPSA) is 68.5 Å². The Kier molecular flexibility index (Phi) is 6.58. The number of benzene rings is 1. The van der Waals surface area contributed by atoms with Crippen LogP contribution in [0.4, 0.5) is 17.6 Å². The maximum absolute atomic E-state index is 14.9. The van der Waals surface area contributed by atoms with E-state index < -0.39 is 35.6 Å². The second-order valence-electron chi connectivity index (χ2n) is 8.31. The molecule has 2 aromatic heterocycles. The molecule has 1 aromatic carbocycles. The Labute approximate surface area is 193 Å². The van der Waals surface area contributed by atoms with Gasteiger partial charge < -0.3 is 14.1 Å². The van der Waals surface area contributed by atoms with E-state index in [1.165, 1.54) is 24.6 Å². The Hall–Kier alpha value is -3.43. The van der Waals surface area contributed by atoms with E-state index in [0.717, 1.165) is 12.1 Å². The van der Waals surface area contributed by atoms with Crippen molar-refractivity contribution in [2.45, 2.75) is 45.0 Å². The van der Waals surface area contributed by atoms with Crippen molar-refractivity contribution < 1.29 is 31.5 Å². The van der Waals surface area contributed by atoms with E-state index in [9.17, 15) is 22.4 Å². The summed E-state index contributed by atoms with van der Waals surface area (Å²) in [5.41, 5.74) is -0.781. The summed E-state index contributed by atoms with van der Waals surface area (Å²) in [5, 5.41) is 0. The zero-order chi connectivity index (χ0) is 24.5. The highest BCUT2D eigenvalue weighted by atomic mass is 19.4. The van der Waals surface area contributed by atoms with Crippen LogP contribution in [0.2, 0.25) is 0 Å². The van der Waals surface area contributed by atoms with E-state index in [1.54, 1.807) is 11.0 Å². The van der Waals surface area contributed by atoms with Crippen molar-refractivity contribution in [3.05, 3.63) is 65.9 Å². The molecule has 3 heterocycles. The summed E-state index contributed by atoms with van der Waals surface area (Å²) in [6, 6.07) is 5.88. The number of likely N-dealkylation sites (tertiary alicyclic amines) is 1. The summed E-state index contributed by atoms with van der Waals surface area (Å²) in [6.45, 7) is 4.20. The zero-order valence-electron chi connectivity index (χ0n) is 18.6. The number of nitrogens with zero attached hydrogens (tertiary/aromatic N) is 3. The molecule has 3 aromatic rings. The van der Waals surface area contributed by atoms with Gasteiger partial charge in [-0.05, 0) is 37.0 Å². The Morgan fingerprint density at radius 1 is 1.26 bits per heavy atom. The summed E-state index contributed by atoms with van der Waals surface area (Å²) in [6.07, 6.45) is -0.526. The fourth-order valence-electron chi connectivity index (χ4n) is 4.30. The largest absolute Gasteiger partial charge is 0.472 e. The lowest BCUT2D eigenvalue weighted by Gasteiger charge is -2.31. The van der Waals surface area contributed by atoms with E-state index in [-0.39, 0.29) is 28.8 Å². The van der Waals surface area contributed by atoms with Crippen molar-refractivity contribution >= 4 is 5.91 Å². The fraction of sp³-hybridized carbons (Fsp3) is 0.375. The van der Waals surface area contributed by atoms with E-state index >= 15 is 0 Å². The van der Waals surface area contributed by atoms with Crippen LogP contribution in [-0.2, 0) is 6.18 Å². The predicted octanol–water partition coefficient (Wildman–Crippen LogP) is 5.60. The van der Waals surface area contributed by atoms with Crippen LogP contribution >= 0.6 is 0 Å². The van der Waals surface area contributed by atoms with Crippen molar-refractivity contribution in [1.82, 2.24) is 14.9 Å². The van der Waals surface area contributed by atoms with Crippen molar-refractivity contribution in [2.75, 3.05) is 6.54 Å². The van der Waals surface area contributed by atoms with Crippen LogP contribution < -0.4 is 4.74 Å². The molecule has 34 heavy (non-hydrogen) atoms. The predicted molar refractivity (Wildman–Crippen MR) is 114 cm³/mol. The zero-order valence-corrected chi connectivity index (χ0v) is 18.6. The molecule has 3 atom stereocenters. The molecule has 0 spiro atoms. The van der Waals surface area contributed by atoms with E-state index in [0.29, 0.717) is 25.6 Å². The second-order valence-corrected chi connectivity index (χ2v) is 8.31. The Bertz CT molecular complexity index is 1130. The Morgan fingerprint density at radius 2 is 2.06 bits per heavy atom. The number of rotatable bonds is 6. The highest BCUT2D eigenvalue weighted by Crippen LogP contribution is 2.34. The number of pyridine rings is 1. The van der Waals surface area contributed by atoms with Crippen LogP contribution in [0.5, 0.6) is 5.88 Å². The average molecular weight is 477 g/mol. The van der Waals surface area contributed by atoms with Gasteiger partial charge in [0.05, 0.1) is 28.9 Å². The van der Waals surface area contributed by atoms with Crippen LogP contribution in [0.1, 0.15) is 42.6 Å². The third-order valence-electron chi connectivity index (χ3n) is 5.87. The molecular weight excluding hydrogens is 454 g/mol. The van der Waals surface area contributed by atoms with Gasteiger partial charge >= 0.3 is 6.18 Å². The number of alkyl halides is 3. The third kappa shape index (κ3) is 4.76. The SMILES string of the molecule is CCC(Oc1ccc(C(F)(F)F)cn1)C1CC(C)CN1C(=O)c1c(F)cccc1-c1ncco1. The molecule has 1 aliphatic heterocycles. The van der Waals surface area contributed by atoms with Gasteiger partial charge in [-0.25, -0.2) is 14.4 Å². The molecule has 0 aliphatic carbocycles. The number of hydrogen-bond donors (Lipinski definition) is 0. The summed E-state index contributed by atoms with van der Waals surface area (Å²) in [5.74, 6) is -0.952. The first-order valence-corrected chi connectivity index (χ1v) is 10.9. The first-order valence-electron chi connectivity index (χ1n) is 10.9. The minimum Gasteiger partial charge on any atom is -0.472 e. The third-order valence-corrected chi connectivity index (χ3v) is 5.87. The van der Waals surface area contributed by atoms with E-state index in [4.69, 9.17) is 9.15 Å². The van der Waals surface area contributed by atoms with Gasteiger partial charge in [-0.3, -0.25) is 4.79 Å². The minimum atomic E-state index is -4.50. The molecule has 180 valence electrons. The number of hydrogen-bond acceptors (Lipinski definition) is 5. The van der Waals surface area contributed by atoms with Gasteiger partial charge in [0.2, 0.25) is 11.8 Å². The molecule has 1 fully saturated rings. The standard InChI is InChI=1S/C24H23F4N3O3/c1-3-19(34-20-8-7-15(12-30-20)24(26,27)28)18-11-14(2)13-31(18)23(32)21-16(5-4-6-17(21)25)22-29-9-10-33-22/h4-10,12,14,18-19H,3,11,13H2,1-2H3. The van der Waals surface area contributed by atoms with Crippen LogP contribution in [0, 0.1) is 11.7 Å².